The molecule has 1 aliphatic carbocycles. The van der Waals surface area contributed by atoms with Crippen LogP contribution < -0.4 is 10.0 Å². The molecule has 0 atom stereocenters. The van der Waals surface area contributed by atoms with Gasteiger partial charge in [0.05, 0.1) is 27.3 Å². The van der Waals surface area contributed by atoms with Crippen LogP contribution in [0.25, 0.3) is 0 Å². The molecule has 2 N–H and O–H groups in total. The highest BCUT2D eigenvalue weighted by atomic mass is 32.2. The van der Waals surface area contributed by atoms with E-state index in [0.29, 0.717) is 0 Å². The summed E-state index contributed by atoms with van der Waals surface area (Å²) in [4.78, 5) is 22.4. The fourth-order valence-corrected chi connectivity index (χ4v) is 3.58. The Kier molecular flexibility index (Phi) is 4.31. The number of nitrogens with zero attached hydrogens (tertiary/aromatic N) is 1. The summed E-state index contributed by atoms with van der Waals surface area (Å²) in [5, 5.41) is 13.7. The van der Waals surface area contributed by atoms with E-state index in [1.165, 1.54) is 31.4 Å². The van der Waals surface area contributed by atoms with Crippen LogP contribution in [0.2, 0.25) is 0 Å². The van der Waals surface area contributed by atoms with Crippen molar-refractivity contribution in [2.45, 2.75) is 30.7 Å². The van der Waals surface area contributed by atoms with E-state index >= 15 is 0 Å². The lowest BCUT2D eigenvalue weighted by atomic mass is 10.1. The summed E-state index contributed by atoms with van der Waals surface area (Å²) in [5.74, 6) is -0.626. The molecule has 3 rings (SSSR count). The molecule has 1 aromatic heterocycles. The van der Waals surface area contributed by atoms with E-state index in [0.717, 1.165) is 18.9 Å². The number of nitrogens with one attached hydrogen (secondary N) is 2. The van der Waals surface area contributed by atoms with Gasteiger partial charge >= 0.3 is 0 Å². The lowest BCUT2D eigenvalue weighted by Gasteiger charge is -2.11. The van der Waals surface area contributed by atoms with Crippen molar-refractivity contribution in [3.8, 4) is 0 Å². The first-order chi connectivity index (χ1) is 11.8. The summed E-state index contributed by atoms with van der Waals surface area (Å²) in [6.07, 6.45) is 2.77. The van der Waals surface area contributed by atoms with E-state index in [1.807, 2.05) is 0 Å². The quantitative estimate of drug-likeness (QED) is 0.596. The number of sulfonamides is 1. The number of amides is 1. The lowest BCUT2D eigenvalue weighted by Crippen LogP contribution is -2.26. The van der Waals surface area contributed by atoms with Gasteiger partial charge in [0, 0.05) is 12.1 Å². The van der Waals surface area contributed by atoms with Crippen LogP contribution in [0.1, 0.15) is 29.0 Å². The average molecular weight is 365 g/mol. The molecule has 1 fully saturated rings. The molecular weight excluding hydrogens is 350 g/mol. The molecule has 0 unspecified atom stereocenters. The maximum absolute atomic E-state index is 12.4. The Morgan fingerprint density at radius 3 is 2.64 bits per heavy atom. The minimum Gasteiger partial charge on any atom is -0.459 e. The number of nitro groups is 1. The molecule has 1 aliphatic rings. The van der Waals surface area contributed by atoms with Gasteiger partial charge in [-0.2, -0.15) is 0 Å². The highest BCUT2D eigenvalue weighted by molar-refractivity contribution is 7.89. The van der Waals surface area contributed by atoms with E-state index < -0.39 is 26.5 Å². The van der Waals surface area contributed by atoms with Gasteiger partial charge in [-0.3, -0.25) is 14.9 Å². The van der Waals surface area contributed by atoms with Crippen molar-refractivity contribution in [2.24, 2.45) is 0 Å². The molecular formula is C15H15N3O6S. The van der Waals surface area contributed by atoms with Gasteiger partial charge in [-0.05, 0) is 38.0 Å². The van der Waals surface area contributed by atoms with Gasteiger partial charge < -0.3 is 9.73 Å². The third-order valence-electron chi connectivity index (χ3n) is 3.75. The SMILES string of the molecule is Cc1c(NC(=O)c2ccco2)cc(S(=O)(=O)NC2CC2)cc1[N+](=O)[O-]. The standard InChI is InChI=1S/C15H15N3O6S/c1-9-12(16-15(19)14-3-2-6-24-14)7-11(8-13(9)18(20)21)25(22,23)17-10-4-5-10/h2-3,6-8,10,17H,4-5H2,1H3,(H,16,19). The molecule has 0 bridgehead atoms. The second kappa shape index (κ2) is 6.30. The summed E-state index contributed by atoms with van der Waals surface area (Å²) in [6.45, 7) is 1.43. The number of anilines is 1. The zero-order valence-corrected chi connectivity index (χ0v) is 14.0. The van der Waals surface area contributed by atoms with E-state index in [2.05, 4.69) is 10.0 Å². The van der Waals surface area contributed by atoms with Crippen LogP contribution in [0.5, 0.6) is 0 Å². The molecule has 0 saturated heterocycles. The number of hydrogen-bond acceptors (Lipinski definition) is 6. The molecule has 1 heterocycles. The normalized spacial score (nSPS) is 14.3. The Morgan fingerprint density at radius 1 is 1.36 bits per heavy atom. The van der Waals surface area contributed by atoms with Crippen LogP contribution >= 0.6 is 0 Å². The monoisotopic (exact) mass is 365 g/mol. The highest BCUT2D eigenvalue weighted by Crippen LogP contribution is 2.31. The Hall–Kier alpha value is -2.72. The highest BCUT2D eigenvalue weighted by Gasteiger charge is 2.30. The molecule has 1 saturated carbocycles. The van der Waals surface area contributed by atoms with Crippen molar-refractivity contribution in [2.75, 3.05) is 5.32 Å². The first-order valence-corrected chi connectivity index (χ1v) is 8.92. The van der Waals surface area contributed by atoms with Gasteiger partial charge in [-0.15, -0.1) is 0 Å². The van der Waals surface area contributed by atoms with Crippen molar-refractivity contribution in [1.29, 1.82) is 0 Å². The zero-order valence-electron chi connectivity index (χ0n) is 13.2. The largest absolute Gasteiger partial charge is 0.459 e. The number of carbonyl (C=O) groups is 1. The van der Waals surface area contributed by atoms with E-state index in [-0.39, 0.29) is 27.9 Å². The lowest BCUT2D eigenvalue weighted by molar-refractivity contribution is -0.385. The number of hydrogen-bond donors (Lipinski definition) is 2. The summed E-state index contributed by atoms with van der Waals surface area (Å²) in [6, 6.07) is 4.99. The maximum Gasteiger partial charge on any atom is 0.291 e. The first-order valence-electron chi connectivity index (χ1n) is 7.44. The molecule has 10 heteroatoms. The maximum atomic E-state index is 12.4. The van der Waals surface area contributed by atoms with Gasteiger partial charge in [-0.1, -0.05) is 0 Å². The van der Waals surface area contributed by atoms with E-state index in [1.54, 1.807) is 0 Å². The number of benzene rings is 1. The molecule has 132 valence electrons. The van der Waals surface area contributed by atoms with Crippen LogP contribution in [0.4, 0.5) is 11.4 Å². The summed E-state index contributed by atoms with van der Waals surface area (Å²) in [5.41, 5.74) is -0.213. The minimum absolute atomic E-state index is 0.00594. The number of furan rings is 1. The second-order valence-corrected chi connectivity index (χ2v) is 7.41. The fraction of sp³-hybridized carbons (Fsp3) is 0.267. The Bertz CT molecular complexity index is 932. The second-order valence-electron chi connectivity index (χ2n) is 5.70. The molecule has 25 heavy (non-hydrogen) atoms. The molecule has 1 amide bonds. The molecule has 0 radical (unpaired) electrons. The predicted octanol–water partition coefficient (Wildman–Crippen LogP) is 2.19. The number of nitro benzene ring substituents is 1. The zero-order chi connectivity index (χ0) is 18.2. The van der Waals surface area contributed by atoms with Crippen molar-refractivity contribution < 1.29 is 22.6 Å². The Morgan fingerprint density at radius 2 is 2.08 bits per heavy atom. The molecule has 1 aromatic carbocycles. The predicted molar refractivity (Wildman–Crippen MR) is 87.8 cm³/mol. The topological polar surface area (TPSA) is 132 Å². The van der Waals surface area contributed by atoms with Crippen molar-refractivity contribution in [1.82, 2.24) is 4.72 Å². The van der Waals surface area contributed by atoms with Gasteiger partial charge in [0.2, 0.25) is 10.0 Å². The molecule has 2 aromatic rings. The molecule has 0 aliphatic heterocycles. The summed E-state index contributed by atoms with van der Waals surface area (Å²) in [7, 11) is -3.91. The average Bonchev–Trinajstić information content (AvgIpc) is 3.15. The van der Waals surface area contributed by atoms with E-state index in [4.69, 9.17) is 4.42 Å². The summed E-state index contributed by atoms with van der Waals surface area (Å²) >= 11 is 0. The van der Waals surface area contributed by atoms with Crippen LogP contribution in [0.3, 0.4) is 0 Å². The van der Waals surface area contributed by atoms with Crippen molar-refractivity contribution >= 4 is 27.3 Å². The number of rotatable bonds is 6. The van der Waals surface area contributed by atoms with Crippen molar-refractivity contribution in [3.05, 3.63) is 52.0 Å². The number of carbonyl (C=O) groups excluding carboxylic acids is 1. The van der Waals surface area contributed by atoms with Crippen LogP contribution in [0, 0.1) is 17.0 Å². The Labute approximate surface area is 143 Å². The minimum atomic E-state index is -3.91. The fourth-order valence-electron chi connectivity index (χ4n) is 2.23. The van der Waals surface area contributed by atoms with Crippen LogP contribution in [0.15, 0.2) is 39.8 Å². The smallest absolute Gasteiger partial charge is 0.291 e. The molecule has 0 spiro atoms. The molecule has 9 nitrogen and oxygen atoms in total. The van der Waals surface area contributed by atoms with Gasteiger partial charge in [0.1, 0.15) is 0 Å². The van der Waals surface area contributed by atoms with Crippen LogP contribution in [-0.4, -0.2) is 25.3 Å². The third-order valence-corrected chi connectivity index (χ3v) is 5.25. The van der Waals surface area contributed by atoms with Gasteiger partial charge in [0.25, 0.3) is 11.6 Å². The van der Waals surface area contributed by atoms with Crippen LogP contribution in [-0.2, 0) is 10.0 Å². The van der Waals surface area contributed by atoms with Gasteiger partial charge in [-0.25, -0.2) is 13.1 Å². The third kappa shape index (κ3) is 3.69. The Balaban J connectivity index is 2.01. The first kappa shape index (κ1) is 17.1. The van der Waals surface area contributed by atoms with E-state index in [9.17, 15) is 23.3 Å². The van der Waals surface area contributed by atoms with Crippen molar-refractivity contribution in [3.63, 3.8) is 0 Å². The van der Waals surface area contributed by atoms with Gasteiger partial charge in [0.15, 0.2) is 5.76 Å². The summed E-state index contributed by atoms with van der Waals surface area (Å²) < 4.78 is 32.2.